The van der Waals surface area contributed by atoms with Crippen LogP contribution in [0.5, 0.6) is 0 Å². The van der Waals surface area contributed by atoms with E-state index in [0.29, 0.717) is 47.4 Å². The van der Waals surface area contributed by atoms with Crippen LogP contribution in [0, 0.1) is 5.92 Å². The molecular weight excluding hydrogens is 487 g/mol. The van der Waals surface area contributed by atoms with Crippen molar-refractivity contribution in [3.63, 3.8) is 0 Å². The maximum Gasteiger partial charge on any atom is 0.255 e. The summed E-state index contributed by atoms with van der Waals surface area (Å²) in [6, 6.07) is 13.2. The third kappa shape index (κ3) is 5.97. The number of carbonyl (C=O) groups is 3. The van der Waals surface area contributed by atoms with Crippen molar-refractivity contribution < 1.29 is 14.4 Å². The molecule has 0 bridgehead atoms. The minimum absolute atomic E-state index is 0.0596. The van der Waals surface area contributed by atoms with Crippen molar-refractivity contribution in [3.05, 3.63) is 69.7 Å². The summed E-state index contributed by atoms with van der Waals surface area (Å²) in [5, 5.41) is 3.73. The fourth-order valence-electron chi connectivity index (χ4n) is 5.16. The van der Waals surface area contributed by atoms with Crippen LogP contribution < -0.4 is 11.1 Å². The number of hydrogen-bond donors (Lipinski definition) is 2. The minimum atomic E-state index is -0.857. The molecule has 1 aliphatic carbocycles. The summed E-state index contributed by atoms with van der Waals surface area (Å²) in [4.78, 5) is 42.5. The molecular formula is C26H30Cl2N4O3. The molecule has 2 aromatic rings. The van der Waals surface area contributed by atoms with E-state index in [4.69, 9.17) is 28.9 Å². The fraction of sp³-hybridized carbons (Fsp3) is 0.423. The number of hydrogen-bond acceptors (Lipinski definition) is 4. The van der Waals surface area contributed by atoms with E-state index in [1.54, 1.807) is 35.2 Å². The molecule has 0 spiro atoms. The van der Waals surface area contributed by atoms with Crippen molar-refractivity contribution in [1.82, 2.24) is 15.1 Å². The Balaban J connectivity index is 1.40. The summed E-state index contributed by atoms with van der Waals surface area (Å²) >= 11 is 12.2. The lowest BCUT2D eigenvalue weighted by Crippen LogP contribution is -2.56. The summed E-state index contributed by atoms with van der Waals surface area (Å²) in [7, 11) is 0. The van der Waals surface area contributed by atoms with Crippen LogP contribution in [0.15, 0.2) is 48.5 Å². The van der Waals surface area contributed by atoms with Crippen molar-refractivity contribution >= 4 is 40.9 Å². The molecule has 7 nitrogen and oxygen atoms in total. The van der Waals surface area contributed by atoms with Crippen LogP contribution in [0.25, 0.3) is 0 Å². The number of amides is 3. The molecule has 0 aromatic heterocycles. The topological polar surface area (TPSA) is 95.7 Å². The van der Waals surface area contributed by atoms with Crippen LogP contribution in [-0.4, -0.2) is 59.7 Å². The van der Waals surface area contributed by atoms with E-state index in [-0.39, 0.29) is 23.8 Å². The van der Waals surface area contributed by atoms with Gasteiger partial charge in [0.2, 0.25) is 11.8 Å². The van der Waals surface area contributed by atoms with Gasteiger partial charge in [-0.05, 0) is 36.6 Å². The first-order valence-electron chi connectivity index (χ1n) is 12.0. The first-order valence-corrected chi connectivity index (χ1v) is 12.7. The number of piperazine rings is 1. The lowest BCUT2D eigenvalue weighted by molar-refractivity contribution is -0.133. The molecule has 3 atom stereocenters. The molecule has 1 saturated heterocycles. The lowest BCUT2D eigenvalue weighted by atomic mass is 9.82. The van der Waals surface area contributed by atoms with Gasteiger partial charge in [0.1, 0.15) is 6.04 Å². The van der Waals surface area contributed by atoms with Gasteiger partial charge in [0.25, 0.3) is 5.91 Å². The molecule has 186 valence electrons. The summed E-state index contributed by atoms with van der Waals surface area (Å²) in [5.41, 5.74) is 6.73. The summed E-state index contributed by atoms with van der Waals surface area (Å²) in [5.74, 6) is -1.07. The van der Waals surface area contributed by atoms with Gasteiger partial charge in [-0.25, -0.2) is 0 Å². The zero-order valence-corrected chi connectivity index (χ0v) is 21.0. The second kappa shape index (κ2) is 11.4. The van der Waals surface area contributed by atoms with E-state index >= 15 is 0 Å². The molecule has 2 aromatic carbocycles. The van der Waals surface area contributed by atoms with E-state index in [1.807, 2.05) is 18.2 Å². The van der Waals surface area contributed by atoms with E-state index in [9.17, 15) is 14.4 Å². The van der Waals surface area contributed by atoms with E-state index in [1.165, 1.54) is 0 Å². The van der Waals surface area contributed by atoms with Gasteiger partial charge in [0, 0.05) is 37.2 Å². The third-order valence-corrected chi connectivity index (χ3v) is 7.55. The Morgan fingerprint density at radius 3 is 2.29 bits per heavy atom. The summed E-state index contributed by atoms with van der Waals surface area (Å²) < 4.78 is 0. The summed E-state index contributed by atoms with van der Waals surface area (Å²) in [6.45, 7) is 2.44. The van der Waals surface area contributed by atoms with Crippen LogP contribution in [0.3, 0.4) is 0 Å². The quantitative estimate of drug-likeness (QED) is 0.612. The van der Waals surface area contributed by atoms with Gasteiger partial charge in [-0.2, -0.15) is 0 Å². The molecule has 1 aliphatic heterocycles. The van der Waals surface area contributed by atoms with Crippen LogP contribution >= 0.6 is 23.2 Å². The molecule has 0 radical (unpaired) electrons. The molecule has 9 heteroatoms. The highest BCUT2D eigenvalue weighted by Crippen LogP contribution is 2.31. The number of halogens is 2. The van der Waals surface area contributed by atoms with Crippen LogP contribution in [0.1, 0.15) is 47.6 Å². The van der Waals surface area contributed by atoms with Gasteiger partial charge in [-0.3, -0.25) is 19.3 Å². The Morgan fingerprint density at radius 1 is 0.943 bits per heavy atom. The van der Waals surface area contributed by atoms with Crippen molar-refractivity contribution in [1.29, 1.82) is 0 Å². The zero-order valence-electron chi connectivity index (χ0n) is 19.5. The number of nitrogens with two attached hydrogens (primary N) is 1. The molecule has 3 N–H and O–H groups in total. The Labute approximate surface area is 215 Å². The number of rotatable bonds is 6. The molecule has 2 fully saturated rings. The number of nitrogens with zero attached hydrogens (tertiary/aromatic N) is 2. The second-order valence-corrected chi connectivity index (χ2v) is 10.0. The van der Waals surface area contributed by atoms with Crippen molar-refractivity contribution in [3.8, 4) is 0 Å². The molecule has 3 amide bonds. The Hall–Kier alpha value is -2.61. The van der Waals surface area contributed by atoms with E-state index < -0.39 is 11.9 Å². The number of nitrogens with one attached hydrogen (secondary N) is 1. The van der Waals surface area contributed by atoms with Crippen molar-refractivity contribution in [2.75, 3.05) is 26.2 Å². The Kier molecular flexibility index (Phi) is 8.31. The Bertz CT molecular complexity index is 1070. The largest absolute Gasteiger partial charge is 0.368 e. The smallest absolute Gasteiger partial charge is 0.255 e. The van der Waals surface area contributed by atoms with Crippen molar-refractivity contribution in [2.45, 2.75) is 37.8 Å². The highest BCUT2D eigenvalue weighted by Gasteiger charge is 2.38. The standard InChI is InChI=1S/C26H30Cl2N4O3/c27-18-10-11-19(21(28)16-18)26(35)32-14-12-31(13-15-32)22-9-5-4-8-20(22)25(34)30-23(24(29)33)17-6-2-1-3-7-17/h1-3,6-7,10-11,16,20,22-23H,4-5,8-9,12-15H2,(H2,29,33)(H,30,34)/t20-,22-,23+/m1/s1. The number of primary amides is 1. The molecule has 1 saturated carbocycles. The first kappa shape index (κ1) is 25.5. The van der Waals surface area contributed by atoms with Gasteiger partial charge in [-0.1, -0.05) is 66.4 Å². The van der Waals surface area contributed by atoms with Gasteiger partial charge in [0.05, 0.1) is 16.5 Å². The Morgan fingerprint density at radius 2 is 1.63 bits per heavy atom. The normalized spacial score (nSPS) is 21.8. The van der Waals surface area contributed by atoms with Gasteiger partial charge in [0.15, 0.2) is 0 Å². The van der Waals surface area contributed by atoms with Gasteiger partial charge >= 0.3 is 0 Å². The highest BCUT2D eigenvalue weighted by molar-refractivity contribution is 6.36. The maximum atomic E-state index is 13.3. The van der Waals surface area contributed by atoms with E-state index in [2.05, 4.69) is 10.2 Å². The molecule has 0 unspecified atom stereocenters. The fourth-order valence-corrected chi connectivity index (χ4v) is 5.65. The van der Waals surface area contributed by atoms with Crippen molar-refractivity contribution in [2.24, 2.45) is 11.7 Å². The lowest BCUT2D eigenvalue weighted by Gasteiger charge is -2.44. The average Bonchev–Trinajstić information content (AvgIpc) is 2.87. The predicted molar refractivity (Wildman–Crippen MR) is 136 cm³/mol. The minimum Gasteiger partial charge on any atom is -0.368 e. The van der Waals surface area contributed by atoms with Crippen LogP contribution in [0.4, 0.5) is 0 Å². The first-order chi connectivity index (χ1) is 16.8. The molecule has 4 rings (SSSR count). The van der Waals surface area contributed by atoms with Gasteiger partial charge < -0.3 is 16.0 Å². The molecule has 35 heavy (non-hydrogen) atoms. The third-order valence-electron chi connectivity index (χ3n) is 7.00. The molecule has 2 aliphatic rings. The SMILES string of the molecule is NC(=O)[C@@H](NC(=O)[C@@H]1CCCC[C@H]1N1CCN(C(=O)c2ccc(Cl)cc2Cl)CC1)c1ccccc1. The zero-order chi connectivity index (χ0) is 24.9. The van der Waals surface area contributed by atoms with E-state index in [0.717, 1.165) is 25.7 Å². The average molecular weight is 517 g/mol. The maximum absolute atomic E-state index is 13.3. The van der Waals surface area contributed by atoms with Gasteiger partial charge in [-0.15, -0.1) is 0 Å². The highest BCUT2D eigenvalue weighted by atomic mass is 35.5. The molecule has 1 heterocycles. The monoisotopic (exact) mass is 516 g/mol. The predicted octanol–water partition coefficient (Wildman–Crippen LogP) is 3.65. The number of carbonyl (C=O) groups excluding carboxylic acids is 3. The van der Waals surface area contributed by atoms with Crippen LogP contribution in [-0.2, 0) is 9.59 Å². The van der Waals surface area contributed by atoms with Crippen LogP contribution in [0.2, 0.25) is 10.0 Å². The second-order valence-electron chi connectivity index (χ2n) is 9.17. The number of benzene rings is 2. The summed E-state index contributed by atoms with van der Waals surface area (Å²) in [6.07, 6.45) is 3.68.